The van der Waals surface area contributed by atoms with Crippen LogP contribution in [0.1, 0.15) is 0 Å². The monoisotopic (exact) mass is 363 g/mol. The van der Waals surface area contributed by atoms with Gasteiger partial charge in [-0.15, -0.1) is 0 Å². The van der Waals surface area contributed by atoms with Crippen molar-refractivity contribution in [2.24, 2.45) is 5.73 Å². The SMILES string of the molecule is NCC(=O)N[C@@H](CO)C(=O)NCC(=O)N[C@@H](CO)C(=O)NCC(=O)O. The number of aliphatic hydroxyl groups is 2. The molecule has 0 aliphatic heterocycles. The predicted molar refractivity (Wildman–Crippen MR) is 80.7 cm³/mol. The molecule has 0 aromatic heterocycles. The van der Waals surface area contributed by atoms with Crippen molar-refractivity contribution in [3.63, 3.8) is 0 Å². The fourth-order valence-electron chi connectivity index (χ4n) is 1.46. The minimum Gasteiger partial charge on any atom is -0.480 e. The van der Waals surface area contributed by atoms with Crippen molar-refractivity contribution >= 4 is 29.6 Å². The molecule has 2 atom stereocenters. The third-order valence-electron chi connectivity index (χ3n) is 2.69. The molecule has 0 fully saturated rings. The summed E-state index contributed by atoms with van der Waals surface area (Å²) in [4.78, 5) is 56.3. The fraction of sp³-hybridized carbons (Fsp3) is 0.583. The lowest BCUT2D eigenvalue weighted by molar-refractivity contribution is -0.138. The van der Waals surface area contributed by atoms with E-state index in [0.29, 0.717) is 0 Å². The Hall–Kier alpha value is -2.77. The second-order valence-corrected chi connectivity index (χ2v) is 4.64. The second-order valence-electron chi connectivity index (χ2n) is 4.64. The number of aliphatic hydroxyl groups excluding tert-OH is 2. The number of rotatable bonds is 11. The van der Waals surface area contributed by atoms with Crippen LogP contribution in [-0.4, -0.2) is 89.8 Å². The highest BCUT2D eigenvalue weighted by atomic mass is 16.4. The zero-order valence-electron chi connectivity index (χ0n) is 13.2. The van der Waals surface area contributed by atoms with Crippen molar-refractivity contribution in [3.8, 4) is 0 Å². The largest absolute Gasteiger partial charge is 0.480 e. The van der Waals surface area contributed by atoms with Crippen LogP contribution in [0.3, 0.4) is 0 Å². The molecule has 0 rings (SSSR count). The molecule has 142 valence electrons. The molecule has 0 aromatic rings. The summed E-state index contributed by atoms with van der Waals surface area (Å²) in [5.74, 6) is -4.64. The zero-order chi connectivity index (χ0) is 19.4. The fourth-order valence-corrected chi connectivity index (χ4v) is 1.46. The van der Waals surface area contributed by atoms with E-state index in [1.807, 2.05) is 5.32 Å². The topological polar surface area (TPSA) is 220 Å². The van der Waals surface area contributed by atoms with Crippen LogP contribution in [0.2, 0.25) is 0 Å². The van der Waals surface area contributed by atoms with E-state index in [2.05, 4.69) is 16.0 Å². The average molecular weight is 363 g/mol. The molecule has 0 saturated heterocycles. The van der Waals surface area contributed by atoms with Gasteiger partial charge in [-0.2, -0.15) is 0 Å². The molecule has 9 N–H and O–H groups in total. The van der Waals surface area contributed by atoms with Crippen LogP contribution in [0.5, 0.6) is 0 Å². The third-order valence-corrected chi connectivity index (χ3v) is 2.69. The van der Waals surface area contributed by atoms with Crippen LogP contribution in [0, 0.1) is 0 Å². The van der Waals surface area contributed by atoms with E-state index in [4.69, 9.17) is 21.1 Å². The Morgan fingerprint density at radius 3 is 1.64 bits per heavy atom. The third kappa shape index (κ3) is 9.19. The van der Waals surface area contributed by atoms with E-state index in [9.17, 15) is 24.0 Å². The quantitative estimate of drug-likeness (QED) is 0.175. The molecule has 13 nitrogen and oxygen atoms in total. The molecular formula is C12H21N5O8. The minimum absolute atomic E-state index is 0.395. The smallest absolute Gasteiger partial charge is 0.322 e. The summed E-state index contributed by atoms with van der Waals surface area (Å²) in [6, 6.07) is -2.72. The van der Waals surface area contributed by atoms with Gasteiger partial charge in [0.25, 0.3) is 0 Å². The van der Waals surface area contributed by atoms with Gasteiger partial charge in [-0.3, -0.25) is 24.0 Å². The van der Waals surface area contributed by atoms with Gasteiger partial charge in [-0.25, -0.2) is 0 Å². The Kier molecular flexibility index (Phi) is 10.4. The van der Waals surface area contributed by atoms with Gasteiger partial charge < -0.3 is 42.3 Å². The molecule has 25 heavy (non-hydrogen) atoms. The number of aliphatic carboxylic acids is 1. The number of hydrogen-bond acceptors (Lipinski definition) is 8. The molecule has 4 amide bonds. The molecule has 0 saturated carbocycles. The number of nitrogens with one attached hydrogen (secondary N) is 4. The summed E-state index contributed by atoms with van der Waals surface area (Å²) in [6.45, 7) is -3.22. The highest BCUT2D eigenvalue weighted by molar-refractivity contribution is 5.93. The van der Waals surface area contributed by atoms with Crippen LogP contribution in [-0.2, 0) is 24.0 Å². The lowest BCUT2D eigenvalue weighted by atomic mass is 10.2. The number of carbonyl (C=O) groups excluding carboxylic acids is 4. The van der Waals surface area contributed by atoms with Crippen molar-refractivity contribution in [1.82, 2.24) is 21.3 Å². The number of amides is 4. The van der Waals surface area contributed by atoms with Gasteiger partial charge in [-0.05, 0) is 0 Å². The molecule has 0 radical (unpaired) electrons. The summed E-state index contributed by atoms with van der Waals surface area (Å²) >= 11 is 0. The summed E-state index contributed by atoms with van der Waals surface area (Å²) in [5, 5.41) is 34.8. The number of carbonyl (C=O) groups is 5. The second kappa shape index (κ2) is 11.7. The van der Waals surface area contributed by atoms with Crippen LogP contribution < -0.4 is 27.0 Å². The molecule has 0 bridgehead atoms. The molecule has 0 aromatic carbocycles. The summed E-state index contributed by atoms with van der Waals surface area (Å²) in [7, 11) is 0. The van der Waals surface area contributed by atoms with Gasteiger partial charge in [0.1, 0.15) is 18.6 Å². The maximum Gasteiger partial charge on any atom is 0.322 e. The van der Waals surface area contributed by atoms with E-state index in [0.717, 1.165) is 0 Å². The van der Waals surface area contributed by atoms with Crippen LogP contribution in [0.15, 0.2) is 0 Å². The first kappa shape index (κ1) is 22.2. The van der Waals surface area contributed by atoms with Crippen molar-refractivity contribution in [2.45, 2.75) is 12.1 Å². The Morgan fingerprint density at radius 2 is 1.24 bits per heavy atom. The van der Waals surface area contributed by atoms with Crippen molar-refractivity contribution < 1.29 is 39.3 Å². The standard InChI is InChI=1S/C12H21N5O8/c13-1-8(20)16-6(4-18)11(24)14-2-9(21)17-7(5-19)12(25)15-3-10(22)23/h6-7,18-19H,1-5,13H2,(H,14,24)(H,15,25)(H,16,20)(H,17,21)(H,22,23)/t6-,7-/m0/s1. The van der Waals surface area contributed by atoms with Gasteiger partial charge >= 0.3 is 5.97 Å². The van der Waals surface area contributed by atoms with E-state index in [1.165, 1.54) is 0 Å². The van der Waals surface area contributed by atoms with Crippen LogP contribution in [0.25, 0.3) is 0 Å². The van der Waals surface area contributed by atoms with E-state index in [-0.39, 0.29) is 0 Å². The van der Waals surface area contributed by atoms with Crippen molar-refractivity contribution in [1.29, 1.82) is 0 Å². The maximum atomic E-state index is 11.7. The highest BCUT2D eigenvalue weighted by Gasteiger charge is 2.22. The molecule has 13 heteroatoms. The van der Waals surface area contributed by atoms with Gasteiger partial charge in [0.15, 0.2) is 0 Å². The van der Waals surface area contributed by atoms with E-state index >= 15 is 0 Å². The van der Waals surface area contributed by atoms with Crippen molar-refractivity contribution in [2.75, 3.05) is 32.8 Å². The molecule has 0 heterocycles. The number of hydrogen-bond donors (Lipinski definition) is 8. The average Bonchev–Trinajstić information content (AvgIpc) is 2.59. The molecular weight excluding hydrogens is 342 g/mol. The van der Waals surface area contributed by atoms with Gasteiger partial charge in [0.05, 0.1) is 26.3 Å². The lowest BCUT2D eigenvalue weighted by Crippen LogP contribution is -2.54. The van der Waals surface area contributed by atoms with E-state index in [1.54, 1.807) is 0 Å². The van der Waals surface area contributed by atoms with Crippen LogP contribution >= 0.6 is 0 Å². The normalized spacial score (nSPS) is 12.4. The summed E-state index contributed by atoms with van der Waals surface area (Å²) in [6.07, 6.45) is 0. The molecule has 0 aliphatic carbocycles. The zero-order valence-corrected chi connectivity index (χ0v) is 13.2. The Balaban J connectivity index is 4.42. The number of nitrogens with two attached hydrogens (primary N) is 1. The highest BCUT2D eigenvalue weighted by Crippen LogP contribution is 1.86. The van der Waals surface area contributed by atoms with E-state index < -0.39 is 74.5 Å². The Bertz CT molecular complexity index is 512. The molecule has 0 spiro atoms. The Morgan fingerprint density at radius 1 is 0.800 bits per heavy atom. The summed E-state index contributed by atoms with van der Waals surface area (Å²) < 4.78 is 0. The maximum absolute atomic E-state index is 11.7. The summed E-state index contributed by atoms with van der Waals surface area (Å²) in [5.41, 5.74) is 5.05. The number of carboxylic acids is 1. The number of carboxylic acid groups (broad SMARTS) is 1. The van der Waals surface area contributed by atoms with Gasteiger partial charge in [0, 0.05) is 0 Å². The Labute approximate surface area is 141 Å². The first-order chi connectivity index (χ1) is 11.7. The van der Waals surface area contributed by atoms with Crippen molar-refractivity contribution in [3.05, 3.63) is 0 Å². The predicted octanol–water partition coefficient (Wildman–Crippen LogP) is -5.78. The van der Waals surface area contributed by atoms with Gasteiger partial charge in [0.2, 0.25) is 23.6 Å². The molecule has 0 unspecified atom stereocenters. The first-order valence-electron chi connectivity index (χ1n) is 7.02. The van der Waals surface area contributed by atoms with Gasteiger partial charge in [-0.1, -0.05) is 0 Å². The minimum atomic E-state index is -1.41. The van der Waals surface area contributed by atoms with Crippen LogP contribution in [0.4, 0.5) is 0 Å². The lowest BCUT2D eigenvalue weighted by Gasteiger charge is -2.17. The molecule has 0 aliphatic rings. The first-order valence-corrected chi connectivity index (χ1v) is 7.02.